The molecule has 0 unspecified atom stereocenters. The van der Waals surface area contributed by atoms with Crippen LogP contribution in [-0.2, 0) is 27.2 Å². The highest BCUT2D eigenvalue weighted by Gasteiger charge is 2.37. The summed E-state index contributed by atoms with van der Waals surface area (Å²) in [5, 5.41) is 0. The smallest absolute Gasteiger partial charge is 0.343 e. The largest absolute Gasteiger partial charge is 0.457 e. The Hall–Kier alpha value is -4.26. The molecule has 1 aliphatic heterocycles. The Balaban J connectivity index is 1.32. The summed E-state index contributed by atoms with van der Waals surface area (Å²) in [5.74, 6) is -1.90. The van der Waals surface area contributed by atoms with Crippen LogP contribution >= 0.6 is 0 Å². The van der Waals surface area contributed by atoms with Crippen LogP contribution in [0.25, 0.3) is 0 Å². The molecule has 1 atom stereocenters. The average Bonchev–Trinajstić information content (AvgIpc) is 3.32. The summed E-state index contributed by atoms with van der Waals surface area (Å²) in [5.41, 5.74) is 4.80. The quantitative estimate of drug-likeness (QED) is 0.224. The number of ketones is 1. The Kier molecular flexibility index (Phi) is 8.36. The van der Waals surface area contributed by atoms with E-state index in [2.05, 4.69) is 0 Å². The number of hydrogen-bond donors (Lipinski definition) is 0. The van der Waals surface area contributed by atoms with Gasteiger partial charge in [0.1, 0.15) is 5.75 Å². The first-order chi connectivity index (χ1) is 18.3. The van der Waals surface area contributed by atoms with Crippen LogP contribution in [0.4, 0.5) is 5.69 Å². The topological polar surface area (TPSA) is 90.0 Å². The van der Waals surface area contributed by atoms with Crippen LogP contribution in [0.2, 0.25) is 0 Å². The van der Waals surface area contributed by atoms with Crippen molar-refractivity contribution in [3.05, 3.63) is 94.5 Å². The Morgan fingerprint density at radius 2 is 1.47 bits per heavy atom. The summed E-state index contributed by atoms with van der Waals surface area (Å²) in [4.78, 5) is 52.1. The lowest BCUT2D eigenvalue weighted by Crippen LogP contribution is -2.29. The molecule has 1 aliphatic rings. The number of rotatable bonds is 9. The summed E-state index contributed by atoms with van der Waals surface area (Å²) in [6.07, 6.45) is 1.61. The number of para-hydroxylation sites is 1. The maximum Gasteiger partial charge on any atom is 0.343 e. The van der Waals surface area contributed by atoms with E-state index in [1.807, 2.05) is 51.1 Å². The van der Waals surface area contributed by atoms with Gasteiger partial charge in [0.15, 0.2) is 12.4 Å². The van der Waals surface area contributed by atoms with Gasteiger partial charge < -0.3 is 14.4 Å². The molecule has 1 saturated heterocycles. The number of ether oxygens (including phenoxy) is 2. The average molecular weight is 514 g/mol. The summed E-state index contributed by atoms with van der Waals surface area (Å²) in [6, 6.07) is 19.1. The molecule has 1 heterocycles. The van der Waals surface area contributed by atoms with Crippen molar-refractivity contribution in [2.75, 3.05) is 18.1 Å². The second-order valence-electron chi connectivity index (χ2n) is 9.35. The van der Waals surface area contributed by atoms with E-state index in [0.717, 1.165) is 35.2 Å². The molecule has 7 nitrogen and oxygen atoms in total. The molecular formula is C31H31NO6. The molecule has 0 bridgehead atoms. The monoisotopic (exact) mass is 513 g/mol. The molecule has 7 heteroatoms. The first kappa shape index (κ1) is 26.8. The van der Waals surface area contributed by atoms with Gasteiger partial charge in [0.25, 0.3) is 0 Å². The van der Waals surface area contributed by atoms with Crippen molar-refractivity contribution in [1.29, 1.82) is 0 Å². The molecule has 0 aliphatic carbocycles. The third-order valence-corrected chi connectivity index (χ3v) is 6.71. The number of aryl methyl sites for hydroxylation is 3. The molecule has 4 rings (SSSR count). The van der Waals surface area contributed by atoms with Crippen molar-refractivity contribution in [2.24, 2.45) is 5.92 Å². The number of nitrogens with zero attached hydrogens (tertiary/aromatic N) is 1. The van der Waals surface area contributed by atoms with Crippen LogP contribution in [0, 0.1) is 12.8 Å². The van der Waals surface area contributed by atoms with Gasteiger partial charge in [-0.2, -0.15) is 0 Å². The lowest BCUT2D eigenvalue weighted by molar-refractivity contribution is -0.147. The second-order valence-corrected chi connectivity index (χ2v) is 9.35. The summed E-state index contributed by atoms with van der Waals surface area (Å²) in [6.45, 7) is 5.81. The number of Topliss-reactive ketones (excluding diaryl/α,β-unsaturated/α-hetero) is 1. The maximum absolute atomic E-state index is 12.8. The number of carbonyl (C=O) groups is 4. The molecule has 0 spiro atoms. The van der Waals surface area contributed by atoms with E-state index in [0.29, 0.717) is 16.9 Å². The molecule has 38 heavy (non-hydrogen) atoms. The molecule has 1 fully saturated rings. The molecule has 196 valence electrons. The van der Waals surface area contributed by atoms with Gasteiger partial charge in [-0.15, -0.1) is 0 Å². The van der Waals surface area contributed by atoms with Crippen molar-refractivity contribution in [3.8, 4) is 5.75 Å². The van der Waals surface area contributed by atoms with Crippen molar-refractivity contribution in [1.82, 2.24) is 0 Å². The minimum atomic E-state index is -0.631. The fraction of sp³-hybridized carbons (Fsp3) is 0.290. The van der Waals surface area contributed by atoms with Gasteiger partial charge >= 0.3 is 11.9 Å². The fourth-order valence-corrected chi connectivity index (χ4v) is 4.55. The summed E-state index contributed by atoms with van der Waals surface area (Å²) < 4.78 is 10.7. The minimum absolute atomic E-state index is 0.0509. The van der Waals surface area contributed by atoms with Crippen molar-refractivity contribution in [3.63, 3.8) is 0 Å². The molecule has 0 N–H and O–H groups in total. The first-order valence-corrected chi connectivity index (χ1v) is 12.8. The van der Waals surface area contributed by atoms with E-state index < -0.39 is 24.5 Å². The van der Waals surface area contributed by atoms with E-state index in [1.165, 1.54) is 24.3 Å². The number of anilines is 1. The molecular weight excluding hydrogens is 482 g/mol. The van der Waals surface area contributed by atoms with Gasteiger partial charge in [0.05, 0.1) is 11.5 Å². The highest BCUT2D eigenvalue weighted by atomic mass is 16.5. The number of amides is 1. The van der Waals surface area contributed by atoms with Crippen LogP contribution in [0.5, 0.6) is 5.75 Å². The fourth-order valence-electron chi connectivity index (χ4n) is 4.55. The third-order valence-electron chi connectivity index (χ3n) is 6.71. The lowest BCUT2D eigenvalue weighted by Gasteiger charge is -2.23. The number of carbonyl (C=O) groups excluding carboxylic acids is 4. The van der Waals surface area contributed by atoms with Crippen LogP contribution in [0.15, 0.2) is 66.7 Å². The zero-order valence-electron chi connectivity index (χ0n) is 21.9. The first-order valence-electron chi connectivity index (χ1n) is 12.8. The van der Waals surface area contributed by atoms with Crippen molar-refractivity contribution < 1.29 is 28.7 Å². The number of esters is 2. The van der Waals surface area contributed by atoms with E-state index >= 15 is 0 Å². The standard InChI is InChI=1S/C31H31NO6/c1-4-21-7-6-8-22(5-2)29(21)32-18-25(17-28(32)34)30(35)37-19-27(33)23-13-15-26(16-14-23)38-31(36)24-11-9-20(3)10-12-24/h6-16,25H,4-5,17-19H2,1-3H3/t25-/m1/s1. The zero-order chi connectivity index (χ0) is 27.2. The Morgan fingerprint density at radius 3 is 2.08 bits per heavy atom. The van der Waals surface area contributed by atoms with Gasteiger partial charge in [-0.25, -0.2) is 4.79 Å². The van der Waals surface area contributed by atoms with Crippen LogP contribution in [0.1, 0.15) is 57.7 Å². The van der Waals surface area contributed by atoms with Crippen LogP contribution < -0.4 is 9.64 Å². The molecule has 0 saturated carbocycles. The predicted molar refractivity (Wildman–Crippen MR) is 144 cm³/mol. The maximum atomic E-state index is 12.8. The van der Waals surface area contributed by atoms with Gasteiger partial charge in [-0.05, 0) is 67.3 Å². The molecule has 3 aromatic carbocycles. The van der Waals surface area contributed by atoms with Crippen molar-refractivity contribution in [2.45, 2.75) is 40.0 Å². The van der Waals surface area contributed by atoms with E-state index in [9.17, 15) is 19.2 Å². The van der Waals surface area contributed by atoms with Gasteiger partial charge in [-0.3, -0.25) is 14.4 Å². The number of benzene rings is 3. The third kappa shape index (κ3) is 5.99. The highest BCUT2D eigenvalue weighted by Crippen LogP contribution is 2.32. The zero-order valence-corrected chi connectivity index (χ0v) is 21.9. The minimum Gasteiger partial charge on any atom is -0.457 e. The van der Waals surface area contributed by atoms with Crippen LogP contribution in [0.3, 0.4) is 0 Å². The van der Waals surface area contributed by atoms with Gasteiger partial charge in [0.2, 0.25) is 5.91 Å². The molecule has 3 aromatic rings. The van der Waals surface area contributed by atoms with E-state index in [-0.39, 0.29) is 24.7 Å². The molecule has 1 amide bonds. The predicted octanol–water partition coefficient (Wildman–Crippen LogP) is 5.12. The normalized spacial score (nSPS) is 14.9. The Labute approximate surface area is 222 Å². The summed E-state index contributed by atoms with van der Waals surface area (Å²) >= 11 is 0. The lowest BCUT2D eigenvalue weighted by atomic mass is 10.0. The van der Waals surface area contributed by atoms with Gasteiger partial charge in [-0.1, -0.05) is 49.7 Å². The Bertz CT molecular complexity index is 1320. The highest BCUT2D eigenvalue weighted by molar-refractivity contribution is 6.02. The second kappa shape index (κ2) is 11.9. The van der Waals surface area contributed by atoms with E-state index in [1.54, 1.807) is 17.0 Å². The van der Waals surface area contributed by atoms with Crippen LogP contribution in [-0.4, -0.2) is 36.8 Å². The Morgan fingerprint density at radius 1 is 0.868 bits per heavy atom. The number of hydrogen-bond acceptors (Lipinski definition) is 6. The SMILES string of the molecule is CCc1cccc(CC)c1N1C[C@H](C(=O)OCC(=O)c2ccc(OC(=O)c3ccc(C)cc3)cc2)CC1=O. The van der Waals surface area contributed by atoms with E-state index in [4.69, 9.17) is 9.47 Å². The molecule has 0 aromatic heterocycles. The van der Waals surface area contributed by atoms with Gasteiger partial charge in [0, 0.05) is 24.2 Å². The van der Waals surface area contributed by atoms with Crippen molar-refractivity contribution >= 4 is 29.3 Å². The molecule has 0 radical (unpaired) electrons. The summed E-state index contributed by atoms with van der Waals surface area (Å²) in [7, 11) is 0.